The van der Waals surface area contributed by atoms with E-state index in [9.17, 15) is 9.00 Å². The van der Waals surface area contributed by atoms with Crippen LogP contribution in [0.5, 0.6) is 0 Å². The summed E-state index contributed by atoms with van der Waals surface area (Å²) in [7, 11) is -1.29. The summed E-state index contributed by atoms with van der Waals surface area (Å²) in [4.78, 5) is 21.3. The van der Waals surface area contributed by atoms with Gasteiger partial charge in [0.2, 0.25) is 11.9 Å². The van der Waals surface area contributed by atoms with Crippen molar-refractivity contribution in [2.75, 3.05) is 5.32 Å². The van der Waals surface area contributed by atoms with Crippen LogP contribution in [0.4, 0.5) is 11.6 Å². The summed E-state index contributed by atoms with van der Waals surface area (Å²) in [6.45, 7) is 0. The molecule has 0 bridgehead atoms. The van der Waals surface area contributed by atoms with Crippen LogP contribution < -0.4 is 11.1 Å². The lowest BCUT2D eigenvalue weighted by Crippen LogP contribution is -2.10. The van der Waals surface area contributed by atoms with E-state index in [2.05, 4.69) is 15.3 Å². The number of hydrogen-bond acceptors (Lipinski definition) is 5. The second-order valence-corrected chi connectivity index (χ2v) is 8.50. The second-order valence-electron chi connectivity index (χ2n) is 6.58. The van der Waals surface area contributed by atoms with Crippen LogP contribution in [0, 0.1) is 0 Å². The number of carbonyl (C=O) groups is 1. The Bertz CT molecular complexity index is 1240. The first-order valence-corrected chi connectivity index (χ1v) is 10.8. The van der Waals surface area contributed by atoms with Crippen molar-refractivity contribution < 1.29 is 9.00 Å². The van der Waals surface area contributed by atoms with Crippen LogP contribution in [0.25, 0.3) is 11.3 Å². The van der Waals surface area contributed by atoms with E-state index in [1.807, 2.05) is 24.3 Å². The second kappa shape index (κ2) is 9.07. The van der Waals surface area contributed by atoms with Gasteiger partial charge in [0.25, 0.3) is 0 Å². The zero-order valence-electron chi connectivity index (χ0n) is 16.2. The van der Waals surface area contributed by atoms with Crippen LogP contribution in [0.3, 0.4) is 0 Å². The van der Waals surface area contributed by atoms with Crippen LogP contribution >= 0.6 is 11.6 Å². The van der Waals surface area contributed by atoms with Gasteiger partial charge in [-0.25, -0.2) is 14.2 Å². The van der Waals surface area contributed by atoms with Crippen LogP contribution in [-0.2, 0) is 10.8 Å². The van der Waals surface area contributed by atoms with E-state index in [1.54, 1.807) is 60.8 Å². The van der Waals surface area contributed by atoms with Crippen molar-refractivity contribution in [1.29, 1.82) is 0 Å². The molecule has 3 aromatic carbocycles. The third-order valence-electron chi connectivity index (χ3n) is 4.47. The van der Waals surface area contributed by atoms with Gasteiger partial charge in [0.05, 0.1) is 16.5 Å². The Hall–Kier alpha value is -3.55. The van der Waals surface area contributed by atoms with Crippen molar-refractivity contribution in [2.24, 2.45) is 5.73 Å². The Balaban J connectivity index is 1.51. The predicted octanol–water partition coefficient (Wildman–Crippen LogP) is 4.81. The fraction of sp³-hybridized carbons (Fsp3) is 0. The van der Waals surface area contributed by atoms with E-state index in [4.69, 9.17) is 17.3 Å². The summed E-state index contributed by atoms with van der Waals surface area (Å²) in [5.41, 5.74) is 8.00. The van der Waals surface area contributed by atoms with E-state index < -0.39 is 16.7 Å². The molecule has 0 saturated heterocycles. The number of hydrogen-bond donors (Lipinski definition) is 2. The molecule has 4 aromatic rings. The molecule has 3 N–H and O–H groups in total. The maximum absolute atomic E-state index is 12.7. The molecule has 0 fully saturated rings. The monoisotopic (exact) mass is 448 g/mol. The highest BCUT2D eigenvalue weighted by Gasteiger charge is 2.09. The molecule has 154 valence electrons. The van der Waals surface area contributed by atoms with Crippen molar-refractivity contribution in [2.45, 2.75) is 9.79 Å². The van der Waals surface area contributed by atoms with Crippen molar-refractivity contribution in [3.8, 4) is 11.3 Å². The number of nitrogens with one attached hydrogen (secondary N) is 1. The number of nitrogens with zero attached hydrogens (tertiary/aromatic N) is 2. The Morgan fingerprint density at radius 3 is 2.10 bits per heavy atom. The van der Waals surface area contributed by atoms with Crippen molar-refractivity contribution in [3.05, 3.63) is 95.6 Å². The van der Waals surface area contributed by atoms with E-state index >= 15 is 0 Å². The first kappa shape index (κ1) is 20.7. The number of rotatable bonds is 6. The third kappa shape index (κ3) is 4.96. The molecule has 0 aliphatic carbocycles. The van der Waals surface area contributed by atoms with Crippen molar-refractivity contribution in [1.82, 2.24) is 9.97 Å². The summed E-state index contributed by atoms with van der Waals surface area (Å²) < 4.78 is 12.7. The molecule has 1 unspecified atom stereocenters. The number of aromatic nitrogens is 2. The molecule has 1 heterocycles. The number of primary amides is 1. The van der Waals surface area contributed by atoms with Gasteiger partial charge >= 0.3 is 0 Å². The first-order valence-electron chi connectivity index (χ1n) is 9.27. The maximum Gasteiger partial charge on any atom is 0.248 e. The zero-order chi connectivity index (χ0) is 21.8. The number of benzene rings is 3. The Morgan fingerprint density at radius 2 is 1.48 bits per heavy atom. The summed E-state index contributed by atoms with van der Waals surface area (Å²) in [5.74, 6) is -0.0663. The summed E-state index contributed by atoms with van der Waals surface area (Å²) in [6, 6.07) is 22.9. The molecule has 1 amide bonds. The molecule has 0 aliphatic heterocycles. The molecule has 0 aliphatic rings. The quantitative estimate of drug-likeness (QED) is 0.441. The summed E-state index contributed by atoms with van der Waals surface area (Å²) in [6.07, 6.45) is 1.65. The average Bonchev–Trinajstić information content (AvgIpc) is 2.80. The third-order valence-corrected chi connectivity index (χ3v) is 6.13. The molecule has 31 heavy (non-hydrogen) atoms. The molecule has 0 saturated carbocycles. The van der Waals surface area contributed by atoms with Gasteiger partial charge in [-0.3, -0.25) is 4.79 Å². The fourth-order valence-electron chi connectivity index (χ4n) is 2.87. The fourth-order valence-corrected chi connectivity index (χ4v) is 4.03. The van der Waals surface area contributed by atoms with Gasteiger partial charge in [-0.15, -0.1) is 0 Å². The number of carbonyl (C=O) groups excluding carboxylic acids is 1. The van der Waals surface area contributed by atoms with Crippen LogP contribution in [-0.4, -0.2) is 20.1 Å². The minimum absolute atomic E-state index is 0.415. The smallest absolute Gasteiger partial charge is 0.248 e. The Kier molecular flexibility index (Phi) is 6.06. The molecule has 0 radical (unpaired) electrons. The summed E-state index contributed by atoms with van der Waals surface area (Å²) >= 11 is 5.90. The highest BCUT2D eigenvalue weighted by Crippen LogP contribution is 2.24. The van der Waals surface area contributed by atoms with Gasteiger partial charge in [0, 0.05) is 37.8 Å². The molecule has 6 nitrogen and oxygen atoms in total. The Labute approximate surface area is 186 Å². The molecular weight excluding hydrogens is 432 g/mol. The van der Waals surface area contributed by atoms with E-state index in [1.165, 1.54) is 0 Å². The largest absolute Gasteiger partial charge is 0.366 e. The zero-order valence-corrected chi connectivity index (χ0v) is 17.7. The average molecular weight is 449 g/mol. The normalized spacial score (nSPS) is 11.6. The predicted molar refractivity (Wildman–Crippen MR) is 122 cm³/mol. The van der Waals surface area contributed by atoms with Crippen molar-refractivity contribution in [3.63, 3.8) is 0 Å². The molecular formula is C23H17ClN4O2S. The Morgan fingerprint density at radius 1 is 0.871 bits per heavy atom. The van der Waals surface area contributed by atoms with Gasteiger partial charge in [-0.1, -0.05) is 23.7 Å². The molecule has 8 heteroatoms. The molecule has 4 rings (SSSR count). The maximum atomic E-state index is 12.7. The van der Waals surface area contributed by atoms with E-state index in [-0.39, 0.29) is 0 Å². The number of amides is 1. The van der Waals surface area contributed by atoms with Crippen LogP contribution in [0.2, 0.25) is 5.02 Å². The molecule has 0 spiro atoms. The van der Waals surface area contributed by atoms with Gasteiger partial charge < -0.3 is 11.1 Å². The number of nitrogens with two attached hydrogens (primary N) is 1. The van der Waals surface area contributed by atoms with E-state index in [0.29, 0.717) is 26.3 Å². The van der Waals surface area contributed by atoms with E-state index in [0.717, 1.165) is 16.9 Å². The van der Waals surface area contributed by atoms with Crippen LogP contribution in [0.1, 0.15) is 10.4 Å². The lowest BCUT2D eigenvalue weighted by molar-refractivity contribution is 0.100. The number of anilines is 2. The topological polar surface area (TPSA) is 98.0 Å². The minimum Gasteiger partial charge on any atom is -0.366 e. The lowest BCUT2D eigenvalue weighted by Gasteiger charge is -2.08. The standard InChI is InChI=1S/C23H17ClN4O2S/c24-17-5-11-20(12-6-17)31(30)19-9-3-15(4-10-19)21-13-14-26-23(28-21)27-18-7-1-16(2-8-18)22(25)29/h1-14H,(H2,25,29)(H,26,27,28). The number of halogens is 1. The lowest BCUT2D eigenvalue weighted by atomic mass is 10.1. The van der Waals surface area contributed by atoms with Gasteiger partial charge in [-0.2, -0.15) is 0 Å². The highest BCUT2D eigenvalue weighted by atomic mass is 35.5. The first-order chi connectivity index (χ1) is 15.0. The summed E-state index contributed by atoms with van der Waals surface area (Å²) in [5, 5.41) is 3.71. The van der Waals surface area contributed by atoms with Gasteiger partial charge in [0.15, 0.2) is 0 Å². The van der Waals surface area contributed by atoms with Gasteiger partial charge in [0.1, 0.15) is 0 Å². The SMILES string of the molecule is NC(=O)c1ccc(Nc2nccc(-c3ccc(S(=O)c4ccc(Cl)cc4)cc3)n2)cc1. The van der Waals surface area contributed by atoms with Gasteiger partial charge in [-0.05, 0) is 66.7 Å². The highest BCUT2D eigenvalue weighted by molar-refractivity contribution is 7.85. The minimum atomic E-state index is -1.29. The molecule has 1 aromatic heterocycles. The molecule has 1 atom stereocenters. The van der Waals surface area contributed by atoms with Crippen molar-refractivity contribution >= 4 is 39.9 Å². The van der Waals surface area contributed by atoms with Crippen LogP contribution in [0.15, 0.2) is 94.9 Å².